The van der Waals surface area contributed by atoms with E-state index in [4.69, 9.17) is 9.11 Å². The first-order chi connectivity index (χ1) is 13.1. The van der Waals surface area contributed by atoms with Gasteiger partial charge >= 0.3 is 35.6 Å². The third-order valence-electron chi connectivity index (χ3n) is 3.13. The Morgan fingerprint density at radius 3 is 1.45 bits per heavy atom. The second-order valence-electron chi connectivity index (χ2n) is 5.09. The predicted molar refractivity (Wildman–Crippen MR) is 99.4 cm³/mol. The van der Waals surface area contributed by atoms with Crippen molar-refractivity contribution in [2.24, 2.45) is 10.2 Å². The Hall–Kier alpha value is -2.13. The van der Waals surface area contributed by atoms with E-state index in [0.717, 1.165) is 24.6 Å². The summed E-state index contributed by atoms with van der Waals surface area (Å²) in [5.41, 5.74) is 4.08. The third kappa shape index (κ3) is 7.66. The molecule has 0 unspecified atom stereocenters. The molecule has 4 N–H and O–H groups in total. The maximum atomic E-state index is 11.6. The molecular formula is C15H14N4NaO7S2+. The van der Waals surface area contributed by atoms with Crippen molar-refractivity contribution < 1.29 is 60.3 Å². The van der Waals surface area contributed by atoms with Gasteiger partial charge in [0.2, 0.25) is 0 Å². The van der Waals surface area contributed by atoms with Crippen molar-refractivity contribution in [1.82, 2.24) is 10.9 Å². The van der Waals surface area contributed by atoms with Crippen LogP contribution in [0, 0.1) is 0 Å². The SMILES string of the molecule is O=C(N/N=C\c1ccccc1S(=O)(=O)O)N/N=C/c1ccccc1S(=O)(=O)O.[Na+]. The normalized spacial score (nSPS) is 11.9. The Bertz CT molecular complexity index is 1060. The summed E-state index contributed by atoms with van der Waals surface area (Å²) in [4.78, 5) is 10.8. The first kappa shape index (κ1) is 24.9. The summed E-state index contributed by atoms with van der Waals surface area (Å²) in [5, 5.41) is 7.05. The van der Waals surface area contributed by atoms with E-state index in [1.807, 2.05) is 10.9 Å². The number of nitrogens with one attached hydrogen (secondary N) is 2. The van der Waals surface area contributed by atoms with Gasteiger partial charge in [-0.05, 0) is 12.1 Å². The molecule has 0 heterocycles. The minimum atomic E-state index is -4.46. The molecule has 11 nitrogen and oxygen atoms in total. The fraction of sp³-hybridized carbons (Fsp3) is 0. The summed E-state index contributed by atoms with van der Waals surface area (Å²) >= 11 is 0. The van der Waals surface area contributed by atoms with Crippen LogP contribution in [0.5, 0.6) is 0 Å². The smallest absolute Gasteiger partial charge is 0.282 e. The Morgan fingerprint density at radius 1 is 0.759 bits per heavy atom. The van der Waals surface area contributed by atoms with Crippen molar-refractivity contribution in [3.8, 4) is 0 Å². The molecule has 0 aliphatic rings. The molecule has 0 spiro atoms. The van der Waals surface area contributed by atoms with Gasteiger partial charge in [-0.1, -0.05) is 36.4 Å². The number of hydrogen-bond donors (Lipinski definition) is 4. The first-order valence-corrected chi connectivity index (χ1v) is 10.2. The topological polar surface area (TPSA) is 175 Å². The standard InChI is InChI=1S/C15H14N4O7S2.Na/c20-15(18-16-9-11-5-1-3-7-13(11)27(21,22)23)19-17-10-12-6-2-4-8-14(12)28(24,25)26;/h1-10H,(H2,18,19,20)(H,21,22,23)(H,24,25,26);/q;+1/b16-9-,17-10+;. The molecule has 0 bridgehead atoms. The number of carbonyl (C=O) groups excluding carboxylic acids is 1. The van der Waals surface area contributed by atoms with E-state index in [1.54, 1.807) is 0 Å². The molecular weight excluding hydrogens is 435 g/mol. The van der Waals surface area contributed by atoms with Crippen molar-refractivity contribution >= 4 is 38.7 Å². The zero-order chi connectivity index (χ0) is 20.8. The first-order valence-electron chi connectivity index (χ1n) is 7.34. The molecule has 2 aromatic rings. The maximum Gasteiger partial charge on any atom is 1.00 e. The summed E-state index contributed by atoms with van der Waals surface area (Å²) in [7, 11) is -8.92. The van der Waals surface area contributed by atoms with Crippen molar-refractivity contribution in [3.05, 3.63) is 59.7 Å². The second-order valence-corrected chi connectivity index (χ2v) is 7.87. The number of urea groups is 1. The average molecular weight is 449 g/mol. The Labute approximate surface area is 188 Å². The predicted octanol–water partition coefficient (Wildman–Crippen LogP) is -2.15. The molecule has 0 aromatic heterocycles. The number of hydrazone groups is 2. The quantitative estimate of drug-likeness (QED) is 0.168. The molecule has 0 saturated heterocycles. The Morgan fingerprint density at radius 2 is 1.10 bits per heavy atom. The molecule has 148 valence electrons. The molecule has 0 saturated carbocycles. The van der Waals surface area contributed by atoms with Crippen LogP contribution in [0.2, 0.25) is 0 Å². The van der Waals surface area contributed by atoms with Gasteiger partial charge in [0.05, 0.1) is 12.4 Å². The van der Waals surface area contributed by atoms with Crippen LogP contribution in [0.1, 0.15) is 11.1 Å². The van der Waals surface area contributed by atoms with E-state index in [1.165, 1.54) is 36.4 Å². The van der Waals surface area contributed by atoms with E-state index >= 15 is 0 Å². The summed E-state index contributed by atoms with van der Waals surface area (Å²) in [6, 6.07) is 9.94. The van der Waals surface area contributed by atoms with Gasteiger partial charge < -0.3 is 0 Å². The molecule has 2 amide bonds. The van der Waals surface area contributed by atoms with Crippen LogP contribution in [0.15, 0.2) is 68.5 Å². The fourth-order valence-corrected chi connectivity index (χ4v) is 3.33. The summed E-state index contributed by atoms with van der Waals surface area (Å²) in [6.45, 7) is 0. The molecule has 0 aliphatic heterocycles. The van der Waals surface area contributed by atoms with E-state index in [0.29, 0.717) is 0 Å². The molecule has 14 heteroatoms. The molecule has 0 aliphatic carbocycles. The van der Waals surface area contributed by atoms with Gasteiger partial charge in [-0.25, -0.2) is 15.6 Å². The van der Waals surface area contributed by atoms with Gasteiger partial charge in [-0.15, -0.1) is 0 Å². The van der Waals surface area contributed by atoms with Gasteiger partial charge in [0, 0.05) is 11.1 Å². The van der Waals surface area contributed by atoms with Gasteiger partial charge in [-0.3, -0.25) is 9.11 Å². The van der Waals surface area contributed by atoms with Crippen molar-refractivity contribution in [1.29, 1.82) is 0 Å². The summed E-state index contributed by atoms with van der Waals surface area (Å²) in [5.74, 6) is 0. The molecule has 2 rings (SSSR count). The van der Waals surface area contributed by atoms with E-state index < -0.39 is 26.3 Å². The van der Waals surface area contributed by atoms with Gasteiger partial charge in [0.25, 0.3) is 20.2 Å². The minimum absolute atomic E-state index is 0. The monoisotopic (exact) mass is 449 g/mol. The zero-order valence-corrected chi connectivity index (χ0v) is 18.6. The van der Waals surface area contributed by atoms with E-state index in [2.05, 4.69) is 10.2 Å². The maximum absolute atomic E-state index is 11.6. The van der Waals surface area contributed by atoms with Crippen molar-refractivity contribution in [3.63, 3.8) is 0 Å². The van der Waals surface area contributed by atoms with Crippen LogP contribution in [-0.2, 0) is 20.2 Å². The van der Waals surface area contributed by atoms with Crippen molar-refractivity contribution in [2.75, 3.05) is 0 Å². The summed E-state index contributed by atoms with van der Waals surface area (Å²) < 4.78 is 63.2. The number of amides is 2. The van der Waals surface area contributed by atoms with E-state index in [9.17, 15) is 21.6 Å². The number of carbonyl (C=O) groups is 1. The van der Waals surface area contributed by atoms with Crippen LogP contribution >= 0.6 is 0 Å². The second kappa shape index (κ2) is 10.6. The molecule has 0 fully saturated rings. The van der Waals surface area contributed by atoms with Crippen LogP contribution < -0.4 is 40.4 Å². The fourth-order valence-electron chi connectivity index (χ4n) is 1.99. The molecule has 0 radical (unpaired) electrons. The molecule has 0 atom stereocenters. The van der Waals surface area contributed by atoms with Crippen LogP contribution in [0.25, 0.3) is 0 Å². The third-order valence-corrected chi connectivity index (χ3v) is 4.99. The van der Waals surface area contributed by atoms with Crippen LogP contribution in [0.4, 0.5) is 4.79 Å². The van der Waals surface area contributed by atoms with Gasteiger partial charge in [0.1, 0.15) is 9.79 Å². The number of hydrogen-bond acceptors (Lipinski definition) is 7. The van der Waals surface area contributed by atoms with Gasteiger partial charge in [-0.2, -0.15) is 27.0 Å². The largest absolute Gasteiger partial charge is 1.00 e. The zero-order valence-electron chi connectivity index (χ0n) is 14.9. The number of rotatable bonds is 6. The van der Waals surface area contributed by atoms with Crippen LogP contribution in [-0.4, -0.2) is 44.4 Å². The number of benzene rings is 2. The van der Waals surface area contributed by atoms with Gasteiger partial charge in [0.15, 0.2) is 0 Å². The molecule has 29 heavy (non-hydrogen) atoms. The van der Waals surface area contributed by atoms with Crippen molar-refractivity contribution in [2.45, 2.75) is 9.79 Å². The molecule has 2 aromatic carbocycles. The Kier molecular flexibility index (Phi) is 9.10. The van der Waals surface area contributed by atoms with Crippen LogP contribution in [0.3, 0.4) is 0 Å². The number of nitrogens with zero attached hydrogens (tertiary/aromatic N) is 2. The minimum Gasteiger partial charge on any atom is -0.282 e. The van der Waals surface area contributed by atoms with E-state index in [-0.39, 0.29) is 50.5 Å². The average Bonchev–Trinajstić information content (AvgIpc) is 2.61. The Balaban J connectivity index is 0.00000420. The summed E-state index contributed by atoms with van der Waals surface area (Å²) in [6.07, 6.45) is 2.00.